The van der Waals surface area contributed by atoms with Gasteiger partial charge in [-0.25, -0.2) is 9.18 Å². The molecule has 8 nitrogen and oxygen atoms in total. The molecule has 1 aliphatic heterocycles. The summed E-state index contributed by atoms with van der Waals surface area (Å²) in [5.74, 6) is -2.09. The van der Waals surface area contributed by atoms with Gasteiger partial charge in [-0.3, -0.25) is 19.3 Å². The molecule has 146 valence electrons. The molecule has 1 saturated heterocycles. The molecule has 2 heterocycles. The van der Waals surface area contributed by atoms with Crippen molar-refractivity contribution in [2.24, 2.45) is 0 Å². The van der Waals surface area contributed by atoms with Gasteiger partial charge in [-0.15, -0.1) is 0 Å². The van der Waals surface area contributed by atoms with Gasteiger partial charge < -0.3 is 15.6 Å². The maximum absolute atomic E-state index is 13.4. The average Bonchev–Trinajstić information content (AvgIpc) is 2.84. The van der Waals surface area contributed by atoms with Crippen LogP contribution in [0.15, 0.2) is 35.1 Å². The van der Waals surface area contributed by atoms with Crippen LogP contribution in [0.2, 0.25) is 5.02 Å². The highest BCUT2D eigenvalue weighted by Gasteiger charge is 2.49. The number of carbonyl (C=O) groups is 3. The number of pyridine rings is 1. The largest absolute Gasteiger partial charge is 0.325 e. The van der Waals surface area contributed by atoms with E-state index in [-0.39, 0.29) is 16.3 Å². The Morgan fingerprint density at radius 2 is 1.96 bits per heavy atom. The molecule has 0 aliphatic carbocycles. The molecule has 4 amide bonds. The number of hydrogen-bond acceptors (Lipinski definition) is 4. The molecule has 1 fully saturated rings. The third-order valence-electron chi connectivity index (χ3n) is 4.40. The Hall–Kier alpha value is -3.20. The lowest BCUT2D eigenvalue weighted by Gasteiger charge is -2.22. The van der Waals surface area contributed by atoms with Crippen LogP contribution in [0.4, 0.5) is 14.9 Å². The molecule has 10 heteroatoms. The van der Waals surface area contributed by atoms with E-state index in [1.807, 2.05) is 0 Å². The number of imide groups is 1. The van der Waals surface area contributed by atoms with Crippen LogP contribution in [-0.4, -0.2) is 34.3 Å². The van der Waals surface area contributed by atoms with Gasteiger partial charge in [0.05, 0.1) is 5.02 Å². The molecular weight excluding hydrogens is 391 g/mol. The predicted molar refractivity (Wildman–Crippen MR) is 99.4 cm³/mol. The number of hydrogen-bond donors (Lipinski definition) is 3. The number of aromatic nitrogens is 1. The number of anilines is 1. The summed E-state index contributed by atoms with van der Waals surface area (Å²) in [5.41, 5.74) is -1.12. The second-order valence-electron chi connectivity index (χ2n) is 6.51. The van der Waals surface area contributed by atoms with Crippen LogP contribution in [-0.2, 0) is 15.1 Å². The van der Waals surface area contributed by atoms with E-state index in [1.165, 1.54) is 25.1 Å². The maximum Gasteiger partial charge on any atom is 0.325 e. The average molecular weight is 407 g/mol. The van der Waals surface area contributed by atoms with E-state index < -0.39 is 41.3 Å². The number of carbonyl (C=O) groups excluding carboxylic acids is 3. The number of aryl methyl sites for hydroxylation is 1. The number of urea groups is 1. The zero-order chi connectivity index (χ0) is 20.6. The van der Waals surface area contributed by atoms with Gasteiger partial charge in [0.2, 0.25) is 5.91 Å². The van der Waals surface area contributed by atoms with Gasteiger partial charge in [0.15, 0.2) is 0 Å². The van der Waals surface area contributed by atoms with Crippen molar-refractivity contribution in [2.45, 2.75) is 19.4 Å². The Balaban J connectivity index is 1.78. The molecular formula is C18H16ClFN4O4. The molecule has 2 aromatic rings. The van der Waals surface area contributed by atoms with Crippen LogP contribution in [0.5, 0.6) is 0 Å². The van der Waals surface area contributed by atoms with E-state index in [4.69, 9.17) is 11.6 Å². The Kier molecular flexibility index (Phi) is 4.95. The standard InChI is InChI=1S/C18H16ClFN4O4/c1-9-3-6-13(15(26)21-9)22-14(25)8-24-16(27)18(2,23-17(24)28)10-4-5-12(20)11(19)7-10/h3-7H,8H2,1-2H3,(H,21,26)(H,22,25)(H,23,28). The summed E-state index contributed by atoms with van der Waals surface area (Å²) in [5, 5.41) is 4.65. The van der Waals surface area contributed by atoms with E-state index >= 15 is 0 Å². The Bertz CT molecular complexity index is 1050. The summed E-state index contributed by atoms with van der Waals surface area (Å²) >= 11 is 5.77. The Morgan fingerprint density at radius 3 is 2.61 bits per heavy atom. The quantitative estimate of drug-likeness (QED) is 0.673. The van der Waals surface area contributed by atoms with E-state index in [1.54, 1.807) is 13.0 Å². The molecule has 1 aromatic heterocycles. The van der Waals surface area contributed by atoms with E-state index in [9.17, 15) is 23.6 Å². The molecule has 0 spiro atoms. The van der Waals surface area contributed by atoms with Gasteiger partial charge in [0.25, 0.3) is 11.5 Å². The van der Waals surface area contributed by atoms with Crippen molar-refractivity contribution in [3.05, 3.63) is 62.8 Å². The van der Waals surface area contributed by atoms with E-state index in [2.05, 4.69) is 15.6 Å². The Morgan fingerprint density at radius 1 is 1.25 bits per heavy atom. The van der Waals surface area contributed by atoms with Crippen molar-refractivity contribution in [3.8, 4) is 0 Å². The van der Waals surface area contributed by atoms with E-state index in [0.29, 0.717) is 5.69 Å². The van der Waals surface area contributed by atoms with Gasteiger partial charge in [-0.1, -0.05) is 17.7 Å². The lowest BCUT2D eigenvalue weighted by atomic mass is 9.92. The molecule has 3 N–H and O–H groups in total. The topological polar surface area (TPSA) is 111 Å². The third kappa shape index (κ3) is 3.48. The maximum atomic E-state index is 13.4. The summed E-state index contributed by atoms with van der Waals surface area (Å²) in [7, 11) is 0. The van der Waals surface area contributed by atoms with Gasteiger partial charge in [-0.05, 0) is 43.7 Å². The second-order valence-corrected chi connectivity index (χ2v) is 6.91. The van der Waals surface area contributed by atoms with Crippen molar-refractivity contribution >= 4 is 35.1 Å². The van der Waals surface area contributed by atoms with E-state index in [0.717, 1.165) is 11.0 Å². The molecule has 1 aromatic carbocycles. The second kappa shape index (κ2) is 7.08. The summed E-state index contributed by atoms with van der Waals surface area (Å²) in [4.78, 5) is 52.3. The third-order valence-corrected chi connectivity index (χ3v) is 4.69. The highest BCUT2D eigenvalue weighted by Crippen LogP contribution is 2.31. The number of H-pyrrole nitrogens is 1. The lowest BCUT2D eigenvalue weighted by molar-refractivity contribution is -0.133. The highest BCUT2D eigenvalue weighted by molar-refractivity contribution is 6.30. The molecule has 0 bridgehead atoms. The van der Waals surface area contributed by atoms with Crippen LogP contribution in [0, 0.1) is 12.7 Å². The first kappa shape index (κ1) is 19.6. The normalized spacial score (nSPS) is 18.9. The molecule has 0 radical (unpaired) electrons. The fourth-order valence-electron chi connectivity index (χ4n) is 2.85. The van der Waals surface area contributed by atoms with Crippen LogP contribution >= 0.6 is 11.6 Å². The zero-order valence-electron chi connectivity index (χ0n) is 14.9. The van der Waals surface area contributed by atoms with Crippen molar-refractivity contribution in [1.29, 1.82) is 0 Å². The summed E-state index contributed by atoms with van der Waals surface area (Å²) in [6, 6.07) is 5.88. The Labute approximate surface area is 163 Å². The van der Waals surface area contributed by atoms with Crippen LogP contribution in [0.25, 0.3) is 0 Å². The van der Waals surface area contributed by atoms with Gasteiger partial charge >= 0.3 is 6.03 Å². The number of rotatable bonds is 4. The summed E-state index contributed by atoms with van der Waals surface area (Å²) in [6.45, 7) is 2.52. The molecule has 1 unspecified atom stereocenters. The molecule has 3 rings (SSSR count). The minimum absolute atomic E-state index is 0.00395. The lowest BCUT2D eigenvalue weighted by Crippen LogP contribution is -2.42. The number of halogens is 2. The number of benzene rings is 1. The van der Waals surface area contributed by atoms with Crippen molar-refractivity contribution in [3.63, 3.8) is 0 Å². The molecule has 1 aliphatic rings. The van der Waals surface area contributed by atoms with Crippen LogP contribution in [0.1, 0.15) is 18.2 Å². The van der Waals surface area contributed by atoms with Crippen molar-refractivity contribution in [2.75, 3.05) is 11.9 Å². The summed E-state index contributed by atoms with van der Waals surface area (Å²) in [6.07, 6.45) is 0. The first-order valence-electron chi connectivity index (χ1n) is 8.21. The number of nitrogens with zero attached hydrogens (tertiary/aromatic N) is 1. The molecule has 28 heavy (non-hydrogen) atoms. The van der Waals surface area contributed by atoms with Gasteiger partial charge in [-0.2, -0.15) is 0 Å². The summed E-state index contributed by atoms with van der Waals surface area (Å²) < 4.78 is 13.4. The number of amides is 4. The van der Waals surface area contributed by atoms with Gasteiger partial charge in [0.1, 0.15) is 23.6 Å². The minimum Gasteiger partial charge on any atom is -0.325 e. The fourth-order valence-corrected chi connectivity index (χ4v) is 3.03. The molecule has 0 saturated carbocycles. The smallest absolute Gasteiger partial charge is 0.325 e. The van der Waals surface area contributed by atoms with Crippen LogP contribution in [0.3, 0.4) is 0 Å². The van der Waals surface area contributed by atoms with Crippen LogP contribution < -0.4 is 16.2 Å². The number of aromatic amines is 1. The SMILES string of the molecule is Cc1ccc(NC(=O)CN2C(=O)NC(C)(c3ccc(F)c(Cl)c3)C2=O)c(=O)[nH]1. The molecule has 1 atom stereocenters. The highest BCUT2D eigenvalue weighted by atomic mass is 35.5. The monoisotopic (exact) mass is 406 g/mol. The first-order chi connectivity index (χ1) is 13.1. The van der Waals surface area contributed by atoms with Crippen molar-refractivity contribution in [1.82, 2.24) is 15.2 Å². The van der Waals surface area contributed by atoms with Crippen molar-refractivity contribution < 1.29 is 18.8 Å². The fraction of sp³-hybridized carbons (Fsp3) is 0.222. The number of nitrogens with one attached hydrogen (secondary N) is 3. The van der Waals surface area contributed by atoms with Gasteiger partial charge in [0, 0.05) is 5.69 Å². The first-order valence-corrected chi connectivity index (χ1v) is 8.59. The zero-order valence-corrected chi connectivity index (χ0v) is 15.7. The predicted octanol–water partition coefficient (Wildman–Crippen LogP) is 1.88. The minimum atomic E-state index is -1.50.